The van der Waals surface area contributed by atoms with E-state index in [-0.39, 0.29) is 5.91 Å². The van der Waals surface area contributed by atoms with E-state index in [1.54, 1.807) is 0 Å². The predicted octanol–water partition coefficient (Wildman–Crippen LogP) is 2.23. The number of carbonyl (C=O) groups excluding carboxylic acids is 1. The van der Waals surface area contributed by atoms with Crippen LogP contribution in [0.4, 0.5) is 0 Å². The third-order valence-electron chi connectivity index (χ3n) is 4.49. The van der Waals surface area contributed by atoms with Gasteiger partial charge in [0, 0.05) is 19.5 Å². The number of hydrogen-bond acceptors (Lipinski definition) is 4. The van der Waals surface area contributed by atoms with E-state index >= 15 is 0 Å². The molecule has 0 bridgehead atoms. The molecule has 0 saturated heterocycles. The number of nitrogens with one attached hydrogen (secondary N) is 1. The number of amides is 1. The Balaban J connectivity index is 2.02. The summed E-state index contributed by atoms with van der Waals surface area (Å²) in [6.45, 7) is 6.18. The maximum absolute atomic E-state index is 12.4. The zero-order valence-corrected chi connectivity index (χ0v) is 13.5. The first-order valence-corrected chi connectivity index (χ1v) is 8.02. The molecule has 0 spiro atoms. The summed E-state index contributed by atoms with van der Waals surface area (Å²) in [7, 11) is 0. The quantitative estimate of drug-likeness (QED) is 0.845. The van der Waals surface area contributed by atoms with Gasteiger partial charge in [0.25, 0.3) is 0 Å². The van der Waals surface area contributed by atoms with E-state index in [1.807, 2.05) is 32.0 Å². The van der Waals surface area contributed by atoms with Crippen LogP contribution >= 0.6 is 0 Å². The molecule has 1 aliphatic heterocycles. The molecule has 0 atom stereocenters. The van der Waals surface area contributed by atoms with Gasteiger partial charge in [-0.15, -0.1) is 0 Å². The van der Waals surface area contributed by atoms with Gasteiger partial charge in [-0.05, 0) is 30.5 Å². The van der Waals surface area contributed by atoms with Crippen molar-refractivity contribution in [1.82, 2.24) is 5.32 Å². The molecule has 122 valence electrons. The minimum Gasteiger partial charge on any atom is -0.490 e. The average molecular weight is 306 g/mol. The molecule has 22 heavy (non-hydrogen) atoms. The summed E-state index contributed by atoms with van der Waals surface area (Å²) in [5.41, 5.74) is 6.34. The topological polar surface area (TPSA) is 73.6 Å². The summed E-state index contributed by atoms with van der Waals surface area (Å²) in [6, 6.07) is 5.79. The van der Waals surface area contributed by atoms with E-state index in [1.165, 1.54) is 0 Å². The lowest BCUT2D eigenvalue weighted by molar-refractivity contribution is -0.131. The van der Waals surface area contributed by atoms with Crippen LogP contribution in [-0.4, -0.2) is 25.7 Å². The second-order valence-electron chi connectivity index (χ2n) is 5.71. The third-order valence-corrected chi connectivity index (χ3v) is 4.49. The minimum absolute atomic E-state index is 0.0205. The van der Waals surface area contributed by atoms with Crippen LogP contribution < -0.4 is 20.5 Å². The number of ether oxygens (including phenoxy) is 2. The fourth-order valence-corrected chi connectivity index (χ4v) is 2.64. The summed E-state index contributed by atoms with van der Waals surface area (Å²) in [5.74, 6) is 1.54. The summed E-state index contributed by atoms with van der Waals surface area (Å²) < 4.78 is 11.3. The lowest BCUT2D eigenvalue weighted by Crippen LogP contribution is -2.45. The Hall–Kier alpha value is -1.75. The Morgan fingerprint density at radius 3 is 2.55 bits per heavy atom. The molecule has 1 aromatic rings. The van der Waals surface area contributed by atoms with Crippen molar-refractivity contribution in [2.75, 3.05) is 19.8 Å². The molecule has 1 amide bonds. The molecule has 0 aromatic heterocycles. The fraction of sp³-hybridized carbons (Fsp3) is 0.588. The molecule has 5 heteroatoms. The Morgan fingerprint density at radius 1 is 1.23 bits per heavy atom. The molecular weight excluding hydrogens is 280 g/mol. The molecule has 3 N–H and O–H groups in total. The lowest BCUT2D eigenvalue weighted by Gasteiger charge is -2.28. The second-order valence-corrected chi connectivity index (χ2v) is 5.71. The SMILES string of the molecule is CCC(CC)(CN)C(=O)NCc1ccc2c(c1)OCCCO2. The van der Waals surface area contributed by atoms with Crippen molar-refractivity contribution in [2.45, 2.75) is 39.7 Å². The van der Waals surface area contributed by atoms with Crippen LogP contribution in [0.5, 0.6) is 11.5 Å². The summed E-state index contributed by atoms with van der Waals surface area (Å²) in [4.78, 5) is 12.4. The highest BCUT2D eigenvalue weighted by molar-refractivity contribution is 5.82. The van der Waals surface area contributed by atoms with Crippen molar-refractivity contribution in [1.29, 1.82) is 0 Å². The molecule has 0 unspecified atom stereocenters. The number of nitrogens with two attached hydrogens (primary N) is 1. The van der Waals surface area contributed by atoms with Gasteiger partial charge < -0.3 is 20.5 Å². The molecule has 1 heterocycles. The van der Waals surface area contributed by atoms with Crippen molar-refractivity contribution in [2.24, 2.45) is 11.1 Å². The van der Waals surface area contributed by atoms with Gasteiger partial charge in [0.05, 0.1) is 18.6 Å². The number of benzene rings is 1. The standard InChI is InChI=1S/C17H26N2O3/c1-3-17(4-2,12-18)16(20)19-11-13-6-7-14-15(10-13)22-9-5-8-21-14/h6-7,10H,3-5,8-9,11-12,18H2,1-2H3,(H,19,20). The van der Waals surface area contributed by atoms with Gasteiger partial charge >= 0.3 is 0 Å². The van der Waals surface area contributed by atoms with E-state index in [0.717, 1.165) is 36.3 Å². The minimum atomic E-state index is -0.467. The predicted molar refractivity (Wildman–Crippen MR) is 86.0 cm³/mol. The zero-order chi connectivity index (χ0) is 16.0. The Bertz CT molecular complexity index is 504. The first-order valence-electron chi connectivity index (χ1n) is 8.02. The molecular formula is C17H26N2O3. The maximum atomic E-state index is 12.4. The van der Waals surface area contributed by atoms with Crippen LogP contribution in [-0.2, 0) is 11.3 Å². The van der Waals surface area contributed by atoms with Gasteiger partial charge in [-0.3, -0.25) is 4.79 Å². The Kier molecular flexibility index (Phi) is 5.66. The summed E-state index contributed by atoms with van der Waals surface area (Å²) in [5, 5.41) is 3.00. The van der Waals surface area contributed by atoms with E-state index in [9.17, 15) is 4.79 Å². The lowest BCUT2D eigenvalue weighted by atomic mass is 9.81. The number of rotatable bonds is 6. The van der Waals surface area contributed by atoms with E-state index in [4.69, 9.17) is 15.2 Å². The Morgan fingerprint density at radius 2 is 1.91 bits per heavy atom. The van der Waals surface area contributed by atoms with Crippen LogP contribution in [0.25, 0.3) is 0 Å². The van der Waals surface area contributed by atoms with Crippen molar-refractivity contribution >= 4 is 5.91 Å². The molecule has 0 radical (unpaired) electrons. The van der Waals surface area contributed by atoms with E-state index < -0.39 is 5.41 Å². The monoisotopic (exact) mass is 306 g/mol. The first-order chi connectivity index (χ1) is 10.6. The third kappa shape index (κ3) is 3.53. The molecule has 1 aromatic carbocycles. The smallest absolute Gasteiger partial charge is 0.227 e. The highest BCUT2D eigenvalue weighted by Gasteiger charge is 2.32. The fourth-order valence-electron chi connectivity index (χ4n) is 2.64. The number of hydrogen-bond donors (Lipinski definition) is 2. The number of fused-ring (bicyclic) bond motifs is 1. The molecule has 0 aliphatic carbocycles. The van der Waals surface area contributed by atoms with Gasteiger partial charge in [-0.2, -0.15) is 0 Å². The molecule has 2 rings (SSSR count). The normalized spacial score (nSPS) is 14.3. The largest absolute Gasteiger partial charge is 0.490 e. The average Bonchev–Trinajstić information content (AvgIpc) is 2.80. The maximum Gasteiger partial charge on any atom is 0.227 e. The van der Waals surface area contributed by atoms with E-state index in [2.05, 4.69) is 5.32 Å². The van der Waals surface area contributed by atoms with E-state index in [0.29, 0.717) is 26.3 Å². The van der Waals surface area contributed by atoms with Crippen LogP contribution in [0.3, 0.4) is 0 Å². The highest BCUT2D eigenvalue weighted by atomic mass is 16.5. The van der Waals surface area contributed by atoms with Gasteiger partial charge in [0.1, 0.15) is 0 Å². The van der Waals surface area contributed by atoms with Gasteiger partial charge in [-0.25, -0.2) is 0 Å². The zero-order valence-electron chi connectivity index (χ0n) is 13.5. The number of carbonyl (C=O) groups is 1. The van der Waals surface area contributed by atoms with Crippen LogP contribution in [0.2, 0.25) is 0 Å². The molecule has 0 saturated carbocycles. The summed E-state index contributed by atoms with van der Waals surface area (Å²) >= 11 is 0. The van der Waals surface area contributed by atoms with Crippen LogP contribution in [0.1, 0.15) is 38.7 Å². The summed E-state index contributed by atoms with van der Waals surface area (Å²) in [6.07, 6.45) is 2.37. The first kappa shape index (κ1) is 16.6. The highest BCUT2D eigenvalue weighted by Crippen LogP contribution is 2.30. The van der Waals surface area contributed by atoms with Crippen molar-refractivity contribution < 1.29 is 14.3 Å². The second kappa shape index (κ2) is 7.49. The molecule has 1 aliphatic rings. The van der Waals surface area contributed by atoms with Crippen molar-refractivity contribution in [3.05, 3.63) is 23.8 Å². The van der Waals surface area contributed by atoms with Gasteiger partial charge in [-0.1, -0.05) is 19.9 Å². The van der Waals surface area contributed by atoms with Gasteiger partial charge in [0.2, 0.25) is 5.91 Å². The van der Waals surface area contributed by atoms with Crippen molar-refractivity contribution in [3.63, 3.8) is 0 Å². The van der Waals surface area contributed by atoms with Crippen LogP contribution in [0.15, 0.2) is 18.2 Å². The molecule has 5 nitrogen and oxygen atoms in total. The Labute approximate surface area is 132 Å². The molecule has 0 fully saturated rings. The van der Waals surface area contributed by atoms with Gasteiger partial charge in [0.15, 0.2) is 11.5 Å². The van der Waals surface area contributed by atoms with Crippen LogP contribution in [0, 0.1) is 5.41 Å². The van der Waals surface area contributed by atoms with Crippen molar-refractivity contribution in [3.8, 4) is 11.5 Å².